The number of likely N-dealkylation sites (tertiary alicyclic amines) is 1. The molecule has 1 saturated heterocycles. The minimum atomic E-state index is -2.74. The van der Waals surface area contributed by atoms with Crippen LogP contribution in [0.1, 0.15) is 49.7 Å². The molecule has 2 heterocycles. The Hall–Kier alpha value is -1.50. The van der Waals surface area contributed by atoms with E-state index >= 15 is 0 Å². The van der Waals surface area contributed by atoms with Crippen molar-refractivity contribution in [2.24, 2.45) is 11.8 Å². The first-order chi connectivity index (χ1) is 10.3. The van der Waals surface area contributed by atoms with Crippen LogP contribution in [-0.4, -0.2) is 44.9 Å². The summed E-state index contributed by atoms with van der Waals surface area (Å²) in [5, 5.41) is 13.6. The predicted molar refractivity (Wildman–Crippen MR) is 77.7 cm³/mol. The molecule has 1 amide bonds. The van der Waals surface area contributed by atoms with E-state index in [9.17, 15) is 18.7 Å². The van der Waals surface area contributed by atoms with Crippen LogP contribution >= 0.6 is 0 Å². The third kappa shape index (κ3) is 3.45. The standard InChI is InChI=1S/C15H23F2N3O2/c1-9(2)7-20-13(14(16)17)12(6-18-20)15(22)19-5-4-11(8-19)10(3)21/h6,9-11,14,21H,4-5,7-8H2,1-3H3. The summed E-state index contributed by atoms with van der Waals surface area (Å²) in [6.07, 6.45) is -1.32. The summed E-state index contributed by atoms with van der Waals surface area (Å²) in [5.74, 6) is -0.259. The predicted octanol–water partition coefficient (Wildman–Crippen LogP) is 2.32. The summed E-state index contributed by atoms with van der Waals surface area (Å²) >= 11 is 0. The van der Waals surface area contributed by atoms with Crippen molar-refractivity contribution in [3.8, 4) is 0 Å². The molecule has 2 atom stereocenters. The molecule has 22 heavy (non-hydrogen) atoms. The molecule has 1 aliphatic rings. The molecule has 1 aliphatic heterocycles. The van der Waals surface area contributed by atoms with E-state index in [2.05, 4.69) is 5.10 Å². The Balaban J connectivity index is 2.21. The average molecular weight is 315 g/mol. The van der Waals surface area contributed by atoms with Gasteiger partial charge in [0.25, 0.3) is 12.3 Å². The van der Waals surface area contributed by atoms with Crippen molar-refractivity contribution in [3.63, 3.8) is 0 Å². The number of carbonyl (C=O) groups excluding carboxylic acids is 1. The van der Waals surface area contributed by atoms with Crippen molar-refractivity contribution in [1.29, 1.82) is 0 Å². The molecule has 1 aromatic heterocycles. The van der Waals surface area contributed by atoms with Crippen LogP contribution in [0.5, 0.6) is 0 Å². The molecule has 0 aliphatic carbocycles. The quantitative estimate of drug-likeness (QED) is 0.907. The molecule has 1 aromatic rings. The molecule has 0 spiro atoms. The maximum absolute atomic E-state index is 13.4. The smallest absolute Gasteiger partial charge is 0.280 e. The van der Waals surface area contributed by atoms with Gasteiger partial charge in [-0.3, -0.25) is 9.48 Å². The zero-order valence-electron chi connectivity index (χ0n) is 13.2. The lowest BCUT2D eigenvalue weighted by atomic mass is 10.0. The van der Waals surface area contributed by atoms with Gasteiger partial charge in [0.15, 0.2) is 0 Å². The molecule has 0 radical (unpaired) electrons. The fourth-order valence-electron chi connectivity index (χ4n) is 2.82. The topological polar surface area (TPSA) is 58.4 Å². The number of rotatable bonds is 5. The first-order valence-corrected chi connectivity index (χ1v) is 7.62. The number of aliphatic hydroxyl groups excluding tert-OH is 1. The second-order valence-electron chi connectivity index (χ2n) is 6.36. The Morgan fingerprint density at radius 1 is 1.45 bits per heavy atom. The normalized spacial score (nSPS) is 20.2. The van der Waals surface area contributed by atoms with Gasteiger partial charge in [-0.25, -0.2) is 8.78 Å². The summed E-state index contributed by atoms with van der Waals surface area (Å²) in [4.78, 5) is 14.0. The van der Waals surface area contributed by atoms with Crippen LogP contribution in [0.15, 0.2) is 6.20 Å². The van der Waals surface area contributed by atoms with E-state index in [-0.39, 0.29) is 23.1 Å². The maximum atomic E-state index is 13.4. The minimum Gasteiger partial charge on any atom is -0.393 e. The van der Waals surface area contributed by atoms with E-state index in [4.69, 9.17) is 0 Å². The summed E-state index contributed by atoms with van der Waals surface area (Å²) in [6.45, 7) is 6.73. The average Bonchev–Trinajstić information content (AvgIpc) is 3.03. The minimum absolute atomic E-state index is 0.00431. The fraction of sp³-hybridized carbons (Fsp3) is 0.733. The van der Waals surface area contributed by atoms with E-state index in [1.165, 1.54) is 15.8 Å². The Bertz CT molecular complexity index is 529. The van der Waals surface area contributed by atoms with Crippen LogP contribution in [0.4, 0.5) is 8.78 Å². The van der Waals surface area contributed by atoms with Crippen molar-refractivity contribution in [3.05, 3.63) is 17.5 Å². The van der Waals surface area contributed by atoms with E-state index in [1.807, 2.05) is 13.8 Å². The van der Waals surface area contributed by atoms with Crippen molar-refractivity contribution in [2.45, 2.75) is 46.3 Å². The molecule has 1 fully saturated rings. The Kier molecular flexibility index (Phi) is 5.16. The number of hydrogen-bond donors (Lipinski definition) is 1. The number of amides is 1. The lowest BCUT2D eigenvalue weighted by Crippen LogP contribution is -2.31. The van der Waals surface area contributed by atoms with E-state index in [0.29, 0.717) is 26.1 Å². The summed E-state index contributed by atoms with van der Waals surface area (Å²) in [5.41, 5.74) is -0.332. The van der Waals surface area contributed by atoms with Crippen LogP contribution in [0.3, 0.4) is 0 Å². The molecule has 5 nitrogen and oxygen atoms in total. The molecule has 0 aromatic carbocycles. The molecule has 2 rings (SSSR count). The molecule has 7 heteroatoms. The second kappa shape index (κ2) is 6.73. The number of alkyl halides is 2. The highest BCUT2D eigenvalue weighted by Gasteiger charge is 2.33. The number of carbonyl (C=O) groups is 1. The van der Waals surface area contributed by atoms with Gasteiger partial charge in [0.1, 0.15) is 5.69 Å². The largest absolute Gasteiger partial charge is 0.393 e. The van der Waals surface area contributed by atoms with Crippen LogP contribution in [0, 0.1) is 11.8 Å². The van der Waals surface area contributed by atoms with Crippen molar-refractivity contribution < 1.29 is 18.7 Å². The van der Waals surface area contributed by atoms with Gasteiger partial charge in [-0.15, -0.1) is 0 Å². The summed E-state index contributed by atoms with van der Waals surface area (Å²) in [6, 6.07) is 0. The number of nitrogens with zero attached hydrogens (tertiary/aromatic N) is 3. The number of aromatic nitrogens is 2. The molecule has 1 N–H and O–H groups in total. The fourth-order valence-corrected chi connectivity index (χ4v) is 2.82. The van der Waals surface area contributed by atoms with Gasteiger partial charge < -0.3 is 10.0 Å². The first-order valence-electron chi connectivity index (χ1n) is 7.62. The summed E-state index contributed by atoms with van der Waals surface area (Å²) < 4.78 is 27.9. The van der Waals surface area contributed by atoms with Gasteiger partial charge in [0, 0.05) is 25.6 Å². The van der Waals surface area contributed by atoms with Gasteiger partial charge in [-0.2, -0.15) is 5.10 Å². The van der Waals surface area contributed by atoms with Gasteiger partial charge >= 0.3 is 0 Å². The van der Waals surface area contributed by atoms with Gasteiger partial charge in [-0.05, 0) is 19.3 Å². The maximum Gasteiger partial charge on any atom is 0.280 e. The van der Waals surface area contributed by atoms with E-state index < -0.39 is 18.4 Å². The molecular weight excluding hydrogens is 292 g/mol. The molecule has 2 unspecified atom stereocenters. The molecular formula is C15H23F2N3O2. The third-order valence-corrected chi connectivity index (χ3v) is 4.05. The highest BCUT2D eigenvalue weighted by Crippen LogP contribution is 2.27. The van der Waals surface area contributed by atoms with Crippen molar-refractivity contribution in [2.75, 3.05) is 13.1 Å². The highest BCUT2D eigenvalue weighted by atomic mass is 19.3. The lowest BCUT2D eigenvalue weighted by Gasteiger charge is -2.18. The van der Waals surface area contributed by atoms with Crippen LogP contribution < -0.4 is 0 Å². The highest BCUT2D eigenvalue weighted by molar-refractivity contribution is 5.95. The van der Waals surface area contributed by atoms with Crippen molar-refractivity contribution >= 4 is 5.91 Å². The van der Waals surface area contributed by atoms with Gasteiger partial charge in [0.2, 0.25) is 0 Å². The van der Waals surface area contributed by atoms with E-state index in [1.54, 1.807) is 6.92 Å². The molecule has 0 saturated carbocycles. The number of hydrogen-bond acceptors (Lipinski definition) is 3. The SMILES string of the molecule is CC(C)Cn1ncc(C(=O)N2CCC(C(C)O)C2)c1C(F)F. The zero-order chi connectivity index (χ0) is 16.4. The first kappa shape index (κ1) is 16.9. The van der Waals surface area contributed by atoms with Gasteiger partial charge in [0.05, 0.1) is 17.9 Å². The Morgan fingerprint density at radius 2 is 2.14 bits per heavy atom. The van der Waals surface area contributed by atoms with Gasteiger partial charge in [-0.1, -0.05) is 13.8 Å². The second-order valence-corrected chi connectivity index (χ2v) is 6.36. The van der Waals surface area contributed by atoms with E-state index in [0.717, 1.165) is 0 Å². The Morgan fingerprint density at radius 3 is 2.64 bits per heavy atom. The van der Waals surface area contributed by atoms with Crippen LogP contribution in [-0.2, 0) is 6.54 Å². The van der Waals surface area contributed by atoms with Crippen molar-refractivity contribution in [1.82, 2.24) is 14.7 Å². The number of aliphatic hydroxyl groups is 1. The molecule has 124 valence electrons. The molecule has 0 bridgehead atoms. The van der Waals surface area contributed by atoms with Crippen LogP contribution in [0.25, 0.3) is 0 Å². The third-order valence-electron chi connectivity index (χ3n) is 4.05. The monoisotopic (exact) mass is 315 g/mol. The lowest BCUT2D eigenvalue weighted by molar-refractivity contribution is 0.0747. The zero-order valence-corrected chi connectivity index (χ0v) is 13.2. The van der Waals surface area contributed by atoms with Crippen LogP contribution in [0.2, 0.25) is 0 Å². The Labute approximate surface area is 128 Å². The summed E-state index contributed by atoms with van der Waals surface area (Å²) in [7, 11) is 0. The number of halogens is 2.